The Morgan fingerprint density at radius 3 is 2.75 bits per heavy atom. The molecule has 0 radical (unpaired) electrons. The summed E-state index contributed by atoms with van der Waals surface area (Å²) in [4.78, 5) is 31.3. The van der Waals surface area contributed by atoms with Crippen LogP contribution in [0.3, 0.4) is 0 Å². The second-order valence-electron chi connectivity index (χ2n) is 6.96. The molecule has 4 rings (SSSR count). The molecule has 0 aliphatic carbocycles. The molecule has 1 saturated heterocycles. The maximum Gasteiger partial charge on any atom is 0.311 e. The molecule has 1 N–H and O–H groups in total. The Morgan fingerprint density at radius 1 is 1.25 bits per heavy atom. The lowest BCUT2D eigenvalue weighted by atomic mass is 10.1. The van der Waals surface area contributed by atoms with Crippen LogP contribution in [0.4, 0.5) is 5.69 Å². The molecule has 146 valence electrons. The van der Waals surface area contributed by atoms with E-state index in [9.17, 15) is 14.7 Å². The summed E-state index contributed by atoms with van der Waals surface area (Å²) in [7, 11) is 0. The first kappa shape index (κ1) is 19.1. The molecule has 0 atom stereocenters. The lowest BCUT2D eigenvalue weighted by Crippen LogP contribution is -2.36. The lowest BCUT2D eigenvalue weighted by Gasteiger charge is -2.20. The molecule has 1 aromatic carbocycles. The van der Waals surface area contributed by atoms with Crippen molar-refractivity contribution in [1.82, 2.24) is 9.47 Å². The highest BCUT2D eigenvalue weighted by Gasteiger charge is 2.21. The number of allylic oxidation sites excluding steroid dienone is 1. The van der Waals surface area contributed by atoms with Crippen molar-refractivity contribution in [2.24, 2.45) is 4.99 Å². The zero-order valence-corrected chi connectivity index (χ0v) is 17.6. The third-order valence-corrected chi connectivity index (χ3v) is 6.45. The summed E-state index contributed by atoms with van der Waals surface area (Å²) in [6.07, 6.45) is 7.70. The lowest BCUT2D eigenvalue weighted by molar-refractivity contribution is -0.131. The Hall–Kier alpha value is -2.19. The van der Waals surface area contributed by atoms with Crippen molar-refractivity contribution in [2.75, 3.05) is 13.1 Å². The zero-order chi connectivity index (χ0) is 19.7. The standard InChI is InChI=1S/C20H20BrN3O3S/c21-14-5-6-16-15(10-14)13(11-22-16)9-17-19(26)24(20(27)28-17)12-18(25)23-7-3-1-2-4-8-23/h5-6,9-11,26H,1-4,7-8,12H2/b13-9+. The van der Waals surface area contributed by atoms with Gasteiger partial charge in [0.15, 0.2) is 0 Å². The van der Waals surface area contributed by atoms with E-state index in [2.05, 4.69) is 20.9 Å². The van der Waals surface area contributed by atoms with E-state index in [1.54, 1.807) is 17.2 Å². The summed E-state index contributed by atoms with van der Waals surface area (Å²) >= 11 is 4.39. The number of nitrogens with zero attached hydrogens (tertiary/aromatic N) is 3. The predicted octanol–water partition coefficient (Wildman–Crippen LogP) is 4.04. The predicted molar refractivity (Wildman–Crippen MR) is 115 cm³/mol. The molecule has 2 aromatic rings. The minimum Gasteiger partial charge on any atom is -0.493 e. The molecule has 28 heavy (non-hydrogen) atoms. The molecule has 2 aliphatic heterocycles. The van der Waals surface area contributed by atoms with Gasteiger partial charge in [0.1, 0.15) is 6.54 Å². The summed E-state index contributed by atoms with van der Waals surface area (Å²) in [6, 6.07) is 5.78. The number of amides is 1. The highest BCUT2D eigenvalue weighted by molar-refractivity contribution is 9.10. The first-order valence-corrected chi connectivity index (χ1v) is 10.9. The van der Waals surface area contributed by atoms with Crippen molar-refractivity contribution in [3.05, 3.63) is 42.8 Å². The summed E-state index contributed by atoms with van der Waals surface area (Å²) in [5, 5.41) is 10.6. The Labute approximate surface area is 175 Å². The minimum absolute atomic E-state index is 0.118. The number of thiazole rings is 1. The largest absolute Gasteiger partial charge is 0.493 e. The van der Waals surface area contributed by atoms with Gasteiger partial charge in [0.05, 0.1) is 10.6 Å². The van der Waals surface area contributed by atoms with Crippen molar-refractivity contribution < 1.29 is 9.90 Å². The molecular weight excluding hydrogens is 442 g/mol. The number of carbonyl (C=O) groups excluding carboxylic acids is 1. The van der Waals surface area contributed by atoms with Crippen LogP contribution in [0.5, 0.6) is 5.88 Å². The maximum atomic E-state index is 12.6. The summed E-state index contributed by atoms with van der Waals surface area (Å²) in [5.41, 5.74) is 2.60. The van der Waals surface area contributed by atoms with Gasteiger partial charge in [-0.2, -0.15) is 0 Å². The molecule has 6 nitrogen and oxygen atoms in total. The van der Waals surface area contributed by atoms with Crippen LogP contribution >= 0.6 is 27.3 Å². The number of aromatic hydroxyl groups is 1. The molecule has 0 saturated carbocycles. The summed E-state index contributed by atoms with van der Waals surface area (Å²) in [5.74, 6) is -0.282. The van der Waals surface area contributed by atoms with E-state index in [4.69, 9.17) is 0 Å². The van der Waals surface area contributed by atoms with Crippen LogP contribution < -0.4 is 4.87 Å². The van der Waals surface area contributed by atoms with Crippen LogP contribution in [0.2, 0.25) is 0 Å². The minimum atomic E-state index is -0.336. The molecule has 0 spiro atoms. The van der Waals surface area contributed by atoms with E-state index < -0.39 is 0 Å². The van der Waals surface area contributed by atoms with Crippen molar-refractivity contribution in [3.63, 3.8) is 0 Å². The number of aliphatic imine (C=N–C) groups is 1. The fourth-order valence-electron chi connectivity index (χ4n) is 3.52. The number of fused-ring (bicyclic) bond motifs is 1. The number of likely N-dealkylation sites (tertiary alicyclic amines) is 1. The van der Waals surface area contributed by atoms with Crippen LogP contribution in [0.25, 0.3) is 11.6 Å². The third-order valence-electron chi connectivity index (χ3n) is 5.04. The molecular formula is C20H20BrN3O3S. The van der Waals surface area contributed by atoms with Gasteiger partial charge in [-0.25, -0.2) is 0 Å². The van der Waals surface area contributed by atoms with Gasteiger partial charge in [0.2, 0.25) is 11.8 Å². The Kier molecular flexibility index (Phi) is 5.50. The molecule has 8 heteroatoms. The van der Waals surface area contributed by atoms with Crippen molar-refractivity contribution in [1.29, 1.82) is 0 Å². The average molecular weight is 462 g/mol. The molecule has 1 aromatic heterocycles. The van der Waals surface area contributed by atoms with Crippen LogP contribution in [0.1, 0.15) is 36.1 Å². The fourth-order valence-corrected chi connectivity index (χ4v) is 4.72. The third kappa shape index (κ3) is 3.84. The van der Waals surface area contributed by atoms with Crippen molar-refractivity contribution in [2.45, 2.75) is 32.2 Å². The van der Waals surface area contributed by atoms with Crippen molar-refractivity contribution >= 4 is 56.7 Å². The number of aromatic nitrogens is 1. The van der Waals surface area contributed by atoms with Gasteiger partial charge in [-0.15, -0.1) is 0 Å². The van der Waals surface area contributed by atoms with Gasteiger partial charge in [0, 0.05) is 34.9 Å². The first-order chi connectivity index (χ1) is 13.5. The Balaban J connectivity index is 1.59. The van der Waals surface area contributed by atoms with Crippen molar-refractivity contribution in [3.8, 4) is 5.88 Å². The van der Waals surface area contributed by atoms with E-state index in [0.717, 1.165) is 76.0 Å². The topological polar surface area (TPSA) is 74.9 Å². The van der Waals surface area contributed by atoms with Gasteiger partial charge in [-0.05, 0) is 37.1 Å². The van der Waals surface area contributed by atoms with Gasteiger partial charge in [-0.1, -0.05) is 40.1 Å². The number of halogens is 1. The molecule has 0 unspecified atom stereocenters. The van der Waals surface area contributed by atoms with Crippen LogP contribution in [0, 0.1) is 0 Å². The smallest absolute Gasteiger partial charge is 0.311 e. The molecule has 3 heterocycles. The second kappa shape index (κ2) is 8.05. The number of carbonyl (C=O) groups is 1. The molecule has 0 bridgehead atoms. The average Bonchev–Trinajstić information content (AvgIpc) is 3.03. The molecule has 2 aliphatic rings. The fraction of sp³-hybridized carbons (Fsp3) is 0.350. The van der Waals surface area contributed by atoms with E-state index in [1.165, 1.54) is 0 Å². The van der Waals surface area contributed by atoms with Gasteiger partial charge in [-0.3, -0.25) is 19.1 Å². The first-order valence-electron chi connectivity index (χ1n) is 9.29. The van der Waals surface area contributed by atoms with Crippen LogP contribution in [0.15, 0.2) is 32.5 Å². The number of hydrogen-bond acceptors (Lipinski definition) is 5. The summed E-state index contributed by atoms with van der Waals surface area (Å²) in [6.45, 7) is 1.32. The van der Waals surface area contributed by atoms with Gasteiger partial charge in [0.25, 0.3) is 0 Å². The Morgan fingerprint density at radius 2 is 2.00 bits per heavy atom. The zero-order valence-electron chi connectivity index (χ0n) is 15.2. The Bertz CT molecular complexity index is 1030. The second-order valence-corrected chi connectivity index (χ2v) is 8.87. The van der Waals surface area contributed by atoms with Gasteiger partial charge < -0.3 is 10.0 Å². The monoisotopic (exact) mass is 461 g/mol. The number of benzene rings is 1. The highest BCUT2D eigenvalue weighted by Crippen LogP contribution is 2.36. The van der Waals surface area contributed by atoms with Crippen LogP contribution in [-0.2, 0) is 11.3 Å². The van der Waals surface area contributed by atoms with E-state index in [1.807, 2.05) is 18.2 Å². The molecule has 1 fully saturated rings. The quantitative estimate of drug-likeness (QED) is 0.749. The summed E-state index contributed by atoms with van der Waals surface area (Å²) < 4.78 is 2.10. The maximum absolute atomic E-state index is 12.6. The van der Waals surface area contributed by atoms with E-state index in [-0.39, 0.29) is 23.2 Å². The number of rotatable bonds is 3. The van der Waals surface area contributed by atoms with Crippen LogP contribution in [-0.4, -0.2) is 39.8 Å². The highest BCUT2D eigenvalue weighted by atomic mass is 79.9. The van der Waals surface area contributed by atoms with Gasteiger partial charge >= 0.3 is 4.87 Å². The SMILES string of the molecule is O=C(Cn1c(O)c(/C=C2\C=Nc3ccc(Br)cc32)sc1=O)N1CCCCCC1. The van der Waals surface area contributed by atoms with E-state index in [0.29, 0.717) is 4.88 Å². The molecule has 1 amide bonds. The van der Waals surface area contributed by atoms with E-state index >= 15 is 0 Å². The normalized spacial score (nSPS) is 17.8. The number of hydrogen-bond donors (Lipinski definition) is 1.